The van der Waals surface area contributed by atoms with Crippen LogP contribution in [0.25, 0.3) is 11.1 Å². The number of amides is 1. The van der Waals surface area contributed by atoms with Gasteiger partial charge in [0.2, 0.25) is 5.75 Å². The number of hydrogen-bond donors (Lipinski definition) is 0. The number of carbonyl (C=O) groups excluding carboxylic acids is 2. The number of piperidine rings is 1. The molecule has 0 atom stereocenters. The first-order chi connectivity index (χ1) is 15.0. The van der Waals surface area contributed by atoms with E-state index in [1.165, 1.54) is 13.5 Å². The maximum atomic E-state index is 13.0. The molecule has 0 saturated carbocycles. The molecule has 1 amide bonds. The van der Waals surface area contributed by atoms with E-state index in [-0.39, 0.29) is 18.1 Å². The van der Waals surface area contributed by atoms with E-state index in [0.717, 1.165) is 0 Å². The smallest absolute Gasteiger partial charge is 0.253 e. The standard InChI is InChI=1S/C23H22N2O6/c1-28-19-6-4-15-17(26)12-23(31-20(15)21(19)29-2)7-9-25(10-8-23)22(27)14-3-5-18-16(11-14)24-13-30-18/h3-6,11,13H,7-10,12H2,1-2H3. The van der Waals surface area contributed by atoms with Gasteiger partial charge in [0.05, 0.1) is 26.2 Å². The lowest BCUT2D eigenvalue weighted by Crippen LogP contribution is -2.52. The summed E-state index contributed by atoms with van der Waals surface area (Å²) in [6.07, 6.45) is 2.75. The molecule has 1 aromatic heterocycles. The quantitative estimate of drug-likeness (QED) is 0.638. The summed E-state index contributed by atoms with van der Waals surface area (Å²) in [4.78, 5) is 31.8. The number of oxazole rings is 1. The summed E-state index contributed by atoms with van der Waals surface area (Å²) >= 11 is 0. The molecule has 8 heteroatoms. The van der Waals surface area contributed by atoms with Gasteiger partial charge in [0.15, 0.2) is 29.3 Å². The molecule has 0 bridgehead atoms. The number of nitrogens with zero attached hydrogens (tertiary/aromatic N) is 2. The van der Waals surface area contributed by atoms with Crippen LogP contribution >= 0.6 is 0 Å². The Labute approximate surface area is 178 Å². The van der Waals surface area contributed by atoms with Crippen molar-refractivity contribution in [3.8, 4) is 17.2 Å². The zero-order valence-corrected chi connectivity index (χ0v) is 17.3. The number of hydrogen-bond acceptors (Lipinski definition) is 7. The van der Waals surface area contributed by atoms with Crippen molar-refractivity contribution in [1.29, 1.82) is 0 Å². The molecule has 3 aromatic rings. The molecular formula is C23H22N2O6. The molecule has 0 aliphatic carbocycles. The number of fused-ring (bicyclic) bond motifs is 2. The fourth-order valence-electron chi connectivity index (χ4n) is 4.43. The van der Waals surface area contributed by atoms with Crippen LogP contribution < -0.4 is 14.2 Å². The summed E-state index contributed by atoms with van der Waals surface area (Å²) in [5.41, 5.74) is 1.71. The first kappa shape index (κ1) is 19.4. The maximum Gasteiger partial charge on any atom is 0.253 e. The van der Waals surface area contributed by atoms with Gasteiger partial charge in [-0.25, -0.2) is 4.98 Å². The lowest BCUT2D eigenvalue weighted by atomic mass is 9.82. The zero-order chi connectivity index (χ0) is 21.6. The lowest BCUT2D eigenvalue weighted by molar-refractivity contribution is -0.00745. The molecule has 0 radical (unpaired) electrons. The van der Waals surface area contributed by atoms with Gasteiger partial charge in [0.1, 0.15) is 11.1 Å². The molecule has 0 unspecified atom stereocenters. The Morgan fingerprint density at radius 2 is 1.94 bits per heavy atom. The number of ketones is 1. The number of ether oxygens (including phenoxy) is 3. The van der Waals surface area contributed by atoms with Gasteiger partial charge in [-0.1, -0.05) is 0 Å². The van der Waals surface area contributed by atoms with Crippen molar-refractivity contribution < 1.29 is 28.2 Å². The molecule has 2 aliphatic rings. The van der Waals surface area contributed by atoms with E-state index in [0.29, 0.717) is 65.4 Å². The summed E-state index contributed by atoms with van der Waals surface area (Å²) in [7, 11) is 3.07. The number of aromatic nitrogens is 1. The topological polar surface area (TPSA) is 91.1 Å². The van der Waals surface area contributed by atoms with Gasteiger partial charge in [0, 0.05) is 31.5 Å². The Balaban J connectivity index is 1.36. The first-order valence-corrected chi connectivity index (χ1v) is 10.1. The Morgan fingerprint density at radius 3 is 2.68 bits per heavy atom. The van der Waals surface area contributed by atoms with E-state index in [4.69, 9.17) is 18.6 Å². The third kappa shape index (κ3) is 3.19. The van der Waals surface area contributed by atoms with E-state index in [2.05, 4.69) is 4.98 Å². The number of methoxy groups -OCH3 is 2. The number of rotatable bonds is 3. The predicted molar refractivity (Wildman–Crippen MR) is 111 cm³/mol. The molecule has 1 spiro atoms. The third-order valence-electron chi connectivity index (χ3n) is 6.14. The normalized spacial score (nSPS) is 17.4. The summed E-state index contributed by atoms with van der Waals surface area (Å²) in [5.74, 6) is 1.31. The zero-order valence-electron chi connectivity index (χ0n) is 17.3. The van der Waals surface area contributed by atoms with Crippen molar-refractivity contribution in [2.75, 3.05) is 27.3 Å². The van der Waals surface area contributed by atoms with Crippen LogP contribution in [0.15, 0.2) is 41.1 Å². The van der Waals surface area contributed by atoms with Crippen molar-refractivity contribution in [3.63, 3.8) is 0 Å². The van der Waals surface area contributed by atoms with Gasteiger partial charge >= 0.3 is 0 Å². The van der Waals surface area contributed by atoms with Crippen molar-refractivity contribution >= 4 is 22.8 Å². The number of carbonyl (C=O) groups is 2. The Hall–Kier alpha value is -3.55. The van der Waals surface area contributed by atoms with Crippen molar-refractivity contribution in [2.45, 2.75) is 24.9 Å². The van der Waals surface area contributed by atoms with Crippen LogP contribution in [0.5, 0.6) is 17.2 Å². The number of Topliss-reactive ketones (excluding diaryl/α,β-unsaturated/α-hetero) is 1. The van der Waals surface area contributed by atoms with E-state index in [1.807, 2.05) is 0 Å². The van der Waals surface area contributed by atoms with Crippen LogP contribution in [0.3, 0.4) is 0 Å². The van der Waals surface area contributed by atoms with E-state index in [1.54, 1.807) is 42.3 Å². The van der Waals surface area contributed by atoms with Crippen molar-refractivity contribution in [3.05, 3.63) is 47.9 Å². The second kappa shape index (κ2) is 7.30. The fraction of sp³-hybridized carbons (Fsp3) is 0.348. The maximum absolute atomic E-state index is 13.0. The minimum Gasteiger partial charge on any atom is -0.493 e. The highest BCUT2D eigenvalue weighted by Gasteiger charge is 2.45. The average Bonchev–Trinajstić information content (AvgIpc) is 3.26. The van der Waals surface area contributed by atoms with Crippen LogP contribution in [-0.4, -0.2) is 54.5 Å². The Kier molecular flexibility index (Phi) is 4.57. The third-order valence-corrected chi connectivity index (χ3v) is 6.14. The van der Waals surface area contributed by atoms with Crippen LogP contribution in [0.2, 0.25) is 0 Å². The molecule has 1 saturated heterocycles. The van der Waals surface area contributed by atoms with Crippen LogP contribution in [0, 0.1) is 0 Å². The number of benzene rings is 2. The molecular weight excluding hydrogens is 400 g/mol. The summed E-state index contributed by atoms with van der Waals surface area (Å²) in [5, 5.41) is 0. The van der Waals surface area contributed by atoms with E-state index < -0.39 is 5.60 Å². The molecule has 8 nitrogen and oxygen atoms in total. The Morgan fingerprint density at radius 1 is 1.13 bits per heavy atom. The minimum atomic E-state index is -0.656. The average molecular weight is 422 g/mol. The molecule has 160 valence electrons. The molecule has 2 aromatic carbocycles. The first-order valence-electron chi connectivity index (χ1n) is 10.1. The molecule has 31 heavy (non-hydrogen) atoms. The minimum absolute atomic E-state index is 0.0125. The van der Waals surface area contributed by atoms with Gasteiger partial charge in [-0.15, -0.1) is 0 Å². The Bertz CT molecular complexity index is 1180. The van der Waals surface area contributed by atoms with Gasteiger partial charge in [0.25, 0.3) is 5.91 Å². The summed E-state index contributed by atoms with van der Waals surface area (Å²) in [6, 6.07) is 8.66. The summed E-state index contributed by atoms with van der Waals surface area (Å²) in [6.45, 7) is 0.981. The molecule has 2 aliphatic heterocycles. The highest BCUT2D eigenvalue weighted by Crippen LogP contribution is 2.47. The lowest BCUT2D eigenvalue weighted by Gasteiger charge is -2.44. The summed E-state index contributed by atoms with van der Waals surface area (Å²) < 4.78 is 22.5. The van der Waals surface area contributed by atoms with Crippen molar-refractivity contribution in [1.82, 2.24) is 9.88 Å². The SMILES string of the molecule is COc1ccc2c(c1OC)OC1(CCN(C(=O)c3ccc4ocnc4c3)CC1)CC2=O. The van der Waals surface area contributed by atoms with E-state index in [9.17, 15) is 9.59 Å². The van der Waals surface area contributed by atoms with Gasteiger partial charge in [-0.2, -0.15) is 0 Å². The monoisotopic (exact) mass is 422 g/mol. The molecule has 3 heterocycles. The number of likely N-dealkylation sites (tertiary alicyclic amines) is 1. The second-order valence-corrected chi connectivity index (χ2v) is 7.89. The van der Waals surface area contributed by atoms with Gasteiger partial charge in [-0.3, -0.25) is 9.59 Å². The highest BCUT2D eigenvalue weighted by molar-refractivity contribution is 6.02. The van der Waals surface area contributed by atoms with Gasteiger partial charge < -0.3 is 23.5 Å². The van der Waals surface area contributed by atoms with Crippen LogP contribution in [-0.2, 0) is 0 Å². The van der Waals surface area contributed by atoms with Gasteiger partial charge in [-0.05, 0) is 30.3 Å². The van der Waals surface area contributed by atoms with Crippen LogP contribution in [0.1, 0.15) is 40.0 Å². The molecule has 5 rings (SSSR count). The van der Waals surface area contributed by atoms with E-state index >= 15 is 0 Å². The predicted octanol–water partition coefficient (Wildman–Crippen LogP) is 3.49. The largest absolute Gasteiger partial charge is 0.493 e. The second-order valence-electron chi connectivity index (χ2n) is 7.89. The van der Waals surface area contributed by atoms with Crippen molar-refractivity contribution in [2.24, 2.45) is 0 Å². The fourth-order valence-corrected chi connectivity index (χ4v) is 4.43. The molecule has 0 N–H and O–H groups in total. The highest BCUT2D eigenvalue weighted by atomic mass is 16.5. The molecule has 1 fully saturated rings. The van der Waals surface area contributed by atoms with Crippen LogP contribution in [0.4, 0.5) is 0 Å².